The molecule has 0 radical (unpaired) electrons. The van der Waals surface area contributed by atoms with Gasteiger partial charge >= 0.3 is 0 Å². The Kier molecular flexibility index (Phi) is 6.55. The summed E-state index contributed by atoms with van der Waals surface area (Å²) in [5, 5.41) is 10.7. The molecular weight excluding hydrogens is 460 g/mol. The van der Waals surface area contributed by atoms with Gasteiger partial charge in [-0.1, -0.05) is 0 Å². The maximum atomic E-state index is 10.7. The fraction of sp³-hybridized carbons (Fsp3) is 0.760. The SMILES string of the molecule is COc1ccc(O[C@@H]2O[C@H](C)[C@@H]3OC(C)(C)O[C@@H]3[C@H]2O[C@@H]2O[C@@H](C)[C@H](O)[C@H]3OC(C)(C)O[C@@H]23)cc1. The van der Waals surface area contributed by atoms with Crippen molar-refractivity contribution in [3.8, 4) is 11.5 Å². The lowest BCUT2D eigenvalue weighted by Crippen LogP contribution is -2.62. The molecule has 10 heteroatoms. The Hall–Kier alpha value is -1.50. The molecule has 5 rings (SSSR count). The predicted octanol–water partition coefficient (Wildman–Crippen LogP) is 2.35. The van der Waals surface area contributed by atoms with E-state index in [4.69, 9.17) is 42.6 Å². The molecule has 1 aromatic carbocycles. The predicted molar refractivity (Wildman–Crippen MR) is 121 cm³/mol. The molecule has 0 bridgehead atoms. The molecule has 10 nitrogen and oxygen atoms in total. The summed E-state index contributed by atoms with van der Waals surface area (Å²) < 4.78 is 54.8. The van der Waals surface area contributed by atoms with Crippen LogP contribution in [0.5, 0.6) is 11.5 Å². The molecule has 4 fully saturated rings. The molecule has 4 heterocycles. The number of hydrogen-bond acceptors (Lipinski definition) is 10. The Morgan fingerprint density at radius 1 is 0.714 bits per heavy atom. The van der Waals surface area contributed by atoms with E-state index in [1.807, 2.05) is 32.9 Å². The van der Waals surface area contributed by atoms with Crippen molar-refractivity contribution in [2.75, 3.05) is 7.11 Å². The minimum Gasteiger partial charge on any atom is -0.497 e. The largest absolute Gasteiger partial charge is 0.497 e. The highest BCUT2D eigenvalue weighted by Gasteiger charge is 2.59. The van der Waals surface area contributed by atoms with Crippen LogP contribution in [-0.4, -0.2) is 85.2 Å². The molecule has 0 amide bonds. The maximum Gasteiger partial charge on any atom is 0.229 e. The van der Waals surface area contributed by atoms with Gasteiger partial charge in [-0.25, -0.2) is 0 Å². The summed E-state index contributed by atoms with van der Waals surface area (Å²) in [5.74, 6) is -0.411. The molecule has 1 N–H and O–H groups in total. The third kappa shape index (κ3) is 4.91. The van der Waals surface area contributed by atoms with E-state index >= 15 is 0 Å². The molecule has 4 aliphatic heterocycles. The van der Waals surface area contributed by atoms with Gasteiger partial charge < -0.3 is 47.7 Å². The van der Waals surface area contributed by atoms with Gasteiger partial charge in [0.15, 0.2) is 24.0 Å². The van der Waals surface area contributed by atoms with E-state index in [2.05, 4.69) is 0 Å². The monoisotopic (exact) mass is 496 g/mol. The lowest BCUT2D eigenvalue weighted by molar-refractivity contribution is -0.334. The van der Waals surface area contributed by atoms with E-state index in [1.165, 1.54) is 0 Å². The molecular formula is C25H36O10. The Labute approximate surface area is 205 Å². The molecule has 35 heavy (non-hydrogen) atoms. The van der Waals surface area contributed by atoms with Gasteiger partial charge in [-0.05, 0) is 65.8 Å². The van der Waals surface area contributed by atoms with Crippen LogP contribution >= 0.6 is 0 Å². The second kappa shape index (κ2) is 9.11. The first kappa shape index (κ1) is 25.2. The van der Waals surface area contributed by atoms with Crippen LogP contribution in [0.2, 0.25) is 0 Å². The lowest BCUT2D eigenvalue weighted by Gasteiger charge is -2.45. The summed E-state index contributed by atoms with van der Waals surface area (Å²) in [6, 6.07) is 7.21. The third-order valence-electron chi connectivity index (χ3n) is 6.77. The number of hydrogen-bond donors (Lipinski definition) is 1. The van der Waals surface area contributed by atoms with Gasteiger partial charge in [-0.3, -0.25) is 0 Å². The number of rotatable bonds is 5. The smallest absolute Gasteiger partial charge is 0.229 e. The van der Waals surface area contributed by atoms with Crippen LogP contribution in [-0.2, 0) is 33.2 Å². The fourth-order valence-corrected chi connectivity index (χ4v) is 5.17. The van der Waals surface area contributed by atoms with Crippen LogP contribution in [0.4, 0.5) is 0 Å². The zero-order valence-electron chi connectivity index (χ0n) is 21.2. The lowest BCUT2D eigenvalue weighted by atomic mass is 9.98. The standard InChI is InChI=1S/C25H36O10/c1-12-16(26)18-21(35-25(5,6)33-18)23(28-12)31-20-19-17(32-24(3,4)34-19)13(2)29-22(20)30-15-10-8-14(27-7)9-11-15/h8-13,16-23,26H,1-7H3/t12-,13+,16-,17-,18+,19-,20+,21+,22-,23-/m0/s1. The third-order valence-corrected chi connectivity index (χ3v) is 6.77. The van der Waals surface area contributed by atoms with Crippen LogP contribution in [0.1, 0.15) is 41.5 Å². The van der Waals surface area contributed by atoms with Crippen molar-refractivity contribution in [2.24, 2.45) is 0 Å². The van der Waals surface area contributed by atoms with Crippen molar-refractivity contribution in [1.82, 2.24) is 0 Å². The molecule has 4 aliphatic rings. The highest BCUT2D eigenvalue weighted by Crippen LogP contribution is 2.43. The molecule has 1 aromatic rings. The highest BCUT2D eigenvalue weighted by molar-refractivity contribution is 5.31. The average molecular weight is 497 g/mol. The van der Waals surface area contributed by atoms with Gasteiger partial charge in [0.1, 0.15) is 42.0 Å². The number of fused-ring (bicyclic) bond motifs is 2. The van der Waals surface area contributed by atoms with E-state index < -0.39 is 60.8 Å². The van der Waals surface area contributed by atoms with Crippen molar-refractivity contribution in [1.29, 1.82) is 0 Å². The van der Waals surface area contributed by atoms with Gasteiger partial charge in [0.2, 0.25) is 6.29 Å². The van der Waals surface area contributed by atoms with Gasteiger partial charge in [0, 0.05) is 0 Å². The van der Waals surface area contributed by atoms with Gasteiger partial charge in [0.25, 0.3) is 0 Å². The van der Waals surface area contributed by atoms with Gasteiger partial charge in [-0.2, -0.15) is 0 Å². The average Bonchev–Trinajstić information content (AvgIpc) is 3.30. The van der Waals surface area contributed by atoms with E-state index in [-0.39, 0.29) is 12.2 Å². The fourth-order valence-electron chi connectivity index (χ4n) is 5.17. The summed E-state index contributed by atoms with van der Waals surface area (Å²) in [5.41, 5.74) is 0. The summed E-state index contributed by atoms with van der Waals surface area (Å²) >= 11 is 0. The second-order valence-corrected chi connectivity index (χ2v) is 10.4. The molecule has 0 unspecified atom stereocenters. The second-order valence-electron chi connectivity index (χ2n) is 10.4. The summed E-state index contributed by atoms with van der Waals surface area (Å²) in [6.45, 7) is 11.0. The summed E-state index contributed by atoms with van der Waals surface area (Å²) in [7, 11) is 1.61. The quantitative estimate of drug-likeness (QED) is 0.653. The van der Waals surface area contributed by atoms with Crippen LogP contribution in [0.3, 0.4) is 0 Å². The van der Waals surface area contributed by atoms with Crippen molar-refractivity contribution in [2.45, 2.75) is 115 Å². The first-order chi connectivity index (χ1) is 16.5. The van der Waals surface area contributed by atoms with E-state index in [0.717, 1.165) is 0 Å². The highest BCUT2D eigenvalue weighted by atomic mass is 16.8. The van der Waals surface area contributed by atoms with E-state index in [9.17, 15) is 5.11 Å². The van der Waals surface area contributed by atoms with Crippen LogP contribution in [0, 0.1) is 0 Å². The molecule has 0 spiro atoms. The zero-order valence-corrected chi connectivity index (χ0v) is 21.2. The number of methoxy groups -OCH3 is 1. The van der Waals surface area contributed by atoms with Crippen LogP contribution < -0.4 is 9.47 Å². The number of ether oxygens (including phenoxy) is 9. The maximum absolute atomic E-state index is 10.7. The van der Waals surface area contributed by atoms with Crippen LogP contribution in [0.25, 0.3) is 0 Å². The van der Waals surface area contributed by atoms with Gasteiger partial charge in [0.05, 0.1) is 19.3 Å². The first-order valence-corrected chi connectivity index (χ1v) is 12.1. The Balaban J connectivity index is 1.42. The summed E-state index contributed by atoms with van der Waals surface area (Å²) in [4.78, 5) is 0. The molecule has 10 atom stereocenters. The zero-order chi connectivity index (χ0) is 25.1. The normalized spacial score (nSPS) is 43.9. The van der Waals surface area contributed by atoms with Crippen molar-refractivity contribution >= 4 is 0 Å². The molecule has 4 saturated heterocycles. The van der Waals surface area contributed by atoms with Crippen molar-refractivity contribution < 1.29 is 47.7 Å². The molecule has 196 valence electrons. The topological polar surface area (TPSA) is 103 Å². The van der Waals surface area contributed by atoms with E-state index in [1.54, 1.807) is 40.0 Å². The van der Waals surface area contributed by atoms with Crippen LogP contribution in [0.15, 0.2) is 24.3 Å². The molecule has 0 saturated carbocycles. The summed E-state index contributed by atoms with van der Waals surface area (Å²) in [6.07, 6.45) is -6.20. The molecule has 0 aliphatic carbocycles. The Morgan fingerprint density at radius 2 is 1.26 bits per heavy atom. The number of aliphatic hydroxyl groups is 1. The Bertz CT molecular complexity index is 889. The minimum absolute atomic E-state index is 0.310. The Morgan fingerprint density at radius 3 is 1.91 bits per heavy atom. The van der Waals surface area contributed by atoms with Gasteiger partial charge in [-0.15, -0.1) is 0 Å². The van der Waals surface area contributed by atoms with Crippen molar-refractivity contribution in [3.05, 3.63) is 24.3 Å². The van der Waals surface area contributed by atoms with E-state index in [0.29, 0.717) is 11.5 Å². The van der Waals surface area contributed by atoms with Crippen molar-refractivity contribution in [3.63, 3.8) is 0 Å². The number of benzene rings is 1. The minimum atomic E-state index is -0.889. The number of aliphatic hydroxyl groups excluding tert-OH is 1. The molecule has 0 aromatic heterocycles. The first-order valence-electron chi connectivity index (χ1n) is 12.1.